The zero-order chi connectivity index (χ0) is 24.9. The Balaban J connectivity index is 1.77. The number of rotatable bonds is 8. The number of ketones is 1. The van der Waals surface area contributed by atoms with Gasteiger partial charge in [0.1, 0.15) is 11.5 Å². The van der Waals surface area contributed by atoms with Crippen LogP contribution in [0, 0.1) is 0 Å². The molecule has 2 N–H and O–H groups in total. The third-order valence-corrected chi connectivity index (χ3v) is 6.24. The number of ether oxygens (including phenoxy) is 3. The Kier molecular flexibility index (Phi) is 7.57. The number of amides is 1. The smallest absolute Gasteiger partial charge is 0.295 e. The lowest BCUT2D eigenvalue weighted by Gasteiger charge is -2.31. The van der Waals surface area contributed by atoms with E-state index in [1.165, 1.54) is 18.1 Å². The van der Waals surface area contributed by atoms with Crippen LogP contribution in [0.5, 0.6) is 17.2 Å². The SMILES string of the molecule is CCOc1cccc(/C(O)=C2\C(=O)C(=O)N(CCN3CCOCC3)C2c2ccc(O)c(OC)c2)c1. The number of aliphatic hydroxyl groups is 1. The first kappa shape index (κ1) is 24.6. The van der Waals surface area contributed by atoms with Gasteiger partial charge in [-0.2, -0.15) is 0 Å². The number of likely N-dealkylation sites (tertiary alicyclic amines) is 1. The molecule has 0 bridgehead atoms. The summed E-state index contributed by atoms with van der Waals surface area (Å²) in [5.41, 5.74) is 0.902. The summed E-state index contributed by atoms with van der Waals surface area (Å²) in [5, 5.41) is 21.4. The average molecular weight is 483 g/mol. The van der Waals surface area contributed by atoms with E-state index in [4.69, 9.17) is 14.2 Å². The molecule has 2 aromatic carbocycles. The highest BCUT2D eigenvalue weighted by atomic mass is 16.5. The fraction of sp³-hybridized carbons (Fsp3) is 0.385. The number of morpholine rings is 1. The minimum Gasteiger partial charge on any atom is -0.507 e. The molecule has 0 spiro atoms. The molecule has 9 heteroatoms. The highest BCUT2D eigenvalue weighted by Gasteiger charge is 2.46. The normalized spacial score (nSPS) is 20.3. The van der Waals surface area contributed by atoms with Crippen LogP contribution in [0.2, 0.25) is 0 Å². The molecule has 2 heterocycles. The molecule has 9 nitrogen and oxygen atoms in total. The third-order valence-electron chi connectivity index (χ3n) is 6.24. The van der Waals surface area contributed by atoms with Crippen molar-refractivity contribution < 1.29 is 34.0 Å². The number of aromatic hydroxyl groups is 1. The van der Waals surface area contributed by atoms with Crippen LogP contribution in [0.25, 0.3) is 5.76 Å². The number of hydrogen-bond donors (Lipinski definition) is 2. The third kappa shape index (κ3) is 5.11. The van der Waals surface area contributed by atoms with Gasteiger partial charge in [0.25, 0.3) is 11.7 Å². The van der Waals surface area contributed by atoms with E-state index >= 15 is 0 Å². The highest BCUT2D eigenvalue weighted by Crippen LogP contribution is 2.41. The Morgan fingerprint density at radius 1 is 1.11 bits per heavy atom. The largest absolute Gasteiger partial charge is 0.507 e. The molecule has 2 aliphatic rings. The van der Waals surface area contributed by atoms with Crippen molar-refractivity contribution in [2.45, 2.75) is 13.0 Å². The number of phenols is 1. The van der Waals surface area contributed by atoms with Gasteiger partial charge in [0.05, 0.1) is 38.5 Å². The number of aliphatic hydroxyl groups excluding tert-OH is 1. The highest BCUT2D eigenvalue weighted by molar-refractivity contribution is 6.46. The van der Waals surface area contributed by atoms with E-state index in [1.807, 2.05) is 6.92 Å². The van der Waals surface area contributed by atoms with Crippen LogP contribution < -0.4 is 9.47 Å². The summed E-state index contributed by atoms with van der Waals surface area (Å²) in [6.45, 7) is 5.86. The van der Waals surface area contributed by atoms with Gasteiger partial charge < -0.3 is 29.3 Å². The first-order valence-electron chi connectivity index (χ1n) is 11.6. The Bertz CT molecular complexity index is 1120. The van der Waals surface area contributed by atoms with E-state index in [9.17, 15) is 19.8 Å². The maximum atomic E-state index is 13.2. The van der Waals surface area contributed by atoms with Crippen LogP contribution in [-0.4, -0.2) is 84.8 Å². The molecule has 1 atom stereocenters. The number of Topliss-reactive ketones (excluding diaryl/α,β-unsaturated/α-hetero) is 1. The molecule has 1 unspecified atom stereocenters. The van der Waals surface area contributed by atoms with E-state index in [1.54, 1.807) is 36.4 Å². The van der Waals surface area contributed by atoms with Crippen molar-refractivity contribution in [3.8, 4) is 17.2 Å². The number of methoxy groups -OCH3 is 1. The van der Waals surface area contributed by atoms with Gasteiger partial charge in [-0.1, -0.05) is 18.2 Å². The van der Waals surface area contributed by atoms with Crippen molar-refractivity contribution in [3.05, 3.63) is 59.2 Å². The zero-order valence-corrected chi connectivity index (χ0v) is 19.9. The van der Waals surface area contributed by atoms with E-state index < -0.39 is 17.7 Å². The van der Waals surface area contributed by atoms with Crippen molar-refractivity contribution in [1.29, 1.82) is 0 Å². The summed E-state index contributed by atoms with van der Waals surface area (Å²) in [6.07, 6.45) is 0. The quantitative estimate of drug-likeness (QED) is 0.336. The second kappa shape index (κ2) is 10.8. The molecule has 1 amide bonds. The van der Waals surface area contributed by atoms with Gasteiger partial charge in [-0.25, -0.2) is 0 Å². The number of carbonyl (C=O) groups excluding carboxylic acids is 2. The predicted molar refractivity (Wildman–Crippen MR) is 129 cm³/mol. The number of benzene rings is 2. The molecule has 0 radical (unpaired) electrons. The maximum Gasteiger partial charge on any atom is 0.295 e. The predicted octanol–water partition coefficient (Wildman–Crippen LogP) is 2.55. The fourth-order valence-electron chi connectivity index (χ4n) is 4.45. The molecule has 0 aliphatic carbocycles. The lowest BCUT2D eigenvalue weighted by atomic mass is 9.95. The molecule has 2 aromatic rings. The first-order chi connectivity index (χ1) is 16.9. The van der Waals surface area contributed by atoms with Crippen LogP contribution in [0.15, 0.2) is 48.0 Å². The zero-order valence-electron chi connectivity index (χ0n) is 19.9. The van der Waals surface area contributed by atoms with Gasteiger partial charge in [-0.05, 0) is 36.8 Å². The molecule has 0 aromatic heterocycles. The van der Waals surface area contributed by atoms with Gasteiger partial charge in [0, 0.05) is 31.7 Å². The van der Waals surface area contributed by atoms with Crippen molar-refractivity contribution >= 4 is 17.4 Å². The molecule has 0 saturated carbocycles. The van der Waals surface area contributed by atoms with Crippen LogP contribution in [0.4, 0.5) is 0 Å². The number of hydrogen-bond acceptors (Lipinski definition) is 8. The standard InChI is InChI=1S/C26H30N2O7/c1-3-35-19-6-4-5-18(15-19)24(30)22-23(17-7-8-20(29)21(16-17)33-2)28(26(32)25(22)31)10-9-27-11-13-34-14-12-27/h4-8,15-16,23,29-30H,3,9-14H2,1-2H3/b24-22+. The van der Waals surface area contributed by atoms with E-state index in [-0.39, 0.29) is 29.4 Å². The van der Waals surface area contributed by atoms with Crippen molar-refractivity contribution in [3.63, 3.8) is 0 Å². The topological polar surface area (TPSA) is 109 Å². The molecule has 2 saturated heterocycles. The van der Waals surface area contributed by atoms with Gasteiger partial charge in [0.15, 0.2) is 11.5 Å². The molecule has 186 valence electrons. The van der Waals surface area contributed by atoms with Crippen LogP contribution in [0.1, 0.15) is 24.1 Å². The monoisotopic (exact) mass is 482 g/mol. The molecule has 35 heavy (non-hydrogen) atoms. The molecular weight excluding hydrogens is 452 g/mol. The van der Waals surface area contributed by atoms with Gasteiger partial charge >= 0.3 is 0 Å². The summed E-state index contributed by atoms with van der Waals surface area (Å²) in [5.74, 6) is -1.04. The first-order valence-corrected chi connectivity index (χ1v) is 11.6. The molecule has 2 fully saturated rings. The lowest BCUT2D eigenvalue weighted by molar-refractivity contribution is -0.140. The van der Waals surface area contributed by atoms with E-state index in [2.05, 4.69) is 4.90 Å². The number of phenolic OH excluding ortho intramolecular Hbond substituents is 1. The number of carbonyl (C=O) groups is 2. The van der Waals surface area contributed by atoms with Crippen molar-refractivity contribution in [2.75, 3.05) is 53.1 Å². The lowest BCUT2D eigenvalue weighted by Crippen LogP contribution is -2.42. The summed E-state index contributed by atoms with van der Waals surface area (Å²) >= 11 is 0. The molecular formula is C26H30N2O7. The Morgan fingerprint density at radius 3 is 2.60 bits per heavy atom. The van der Waals surface area contributed by atoms with Crippen LogP contribution in [0.3, 0.4) is 0 Å². The Labute approximate surface area is 204 Å². The average Bonchev–Trinajstić information content (AvgIpc) is 3.13. The maximum absolute atomic E-state index is 13.2. The van der Waals surface area contributed by atoms with E-state index in [0.717, 1.165) is 13.1 Å². The van der Waals surface area contributed by atoms with Crippen LogP contribution in [-0.2, 0) is 14.3 Å². The summed E-state index contributed by atoms with van der Waals surface area (Å²) in [4.78, 5) is 30.1. The van der Waals surface area contributed by atoms with Crippen molar-refractivity contribution in [1.82, 2.24) is 9.80 Å². The Hall–Kier alpha value is -3.56. The summed E-state index contributed by atoms with van der Waals surface area (Å²) in [6, 6.07) is 10.6. The minimum atomic E-state index is -0.846. The second-order valence-electron chi connectivity index (χ2n) is 8.34. The van der Waals surface area contributed by atoms with E-state index in [0.29, 0.717) is 43.2 Å². The Morgan fingerprint density at radius 2 is 1.89 bits per heavy atom. The van der Waals surface area contributed by atoms with Crippen molar-refractivity contribution in [2.24, 2.45) is 0 Å². The summed E-state index contributed by atoms with van der Waals surface area (Å²) in [7, 11) is 1.42. The van der Waals surface area contributed by atoms with Gasteiger partial charge in [-0.15, -0.1) is 0 Å². The minimum absolute atomic E-state index is 0.0154. The van der Waals surface area contributed by atoms with Gasteiger partial charge in [0.2, 0.25) is 0 Å². The number of nitrogens with zero attached hydrogens (tertiary/aromatic N) is 2. The molecule has 2 aliphatic heterocycles. The van der Waals surface area contributed by atoms with Gasteiger partial charge in [-0.3, -0.25) is 14.5 Å². The fourth-order valence-corrected chi connectivity index (χ4v) is 4.45. The second-order valence-corrected chi connectivity index (χ2v) is 8.34. The summed E-state index contributed by atoms with van der Waals surface area (Å²) < 4.78 is 16.2. The molecule has 4 rings (SSSR count). The van der Waals surface area contributed by atoms with Crippen LogP contribution >= 0.6 is 0 Å².